The number of nitrogen functional groups attached to an aromatic ring is 1. The van der Waals surface area contributed by atoms with E-state index in [1.54, 1.807) is 4.72 Å². The molecule has 112 valence electrons. The monoisotopic (exact) mass is 336 g/mol. The van der Waals surface area contributed by atoms with Gasteiger partial charge in [0.05, 0.1) is 5.02 Å². The second-order valence-electron chi connectivity index (χ2n) is 4.04. The first kappa shape index (κ1) is 15.5. The van der Waals surface area contributed by atoms with Gasteiger partial charge in [0.1, 0.15) is 22.2 Å². The molecule has 0 aliphatic rings. The highest BCUT2D eigenvalue weighted by molar-refractivity contribution is 7.92. The van der Waals surface area contributed by atoms with Crippen LogP contribution in [-0.2, 0) is 10.0 Å². The van der Waals surface area contributed by atoms with Gasteiger partial charge >= 0.3 is 0 Å². The van der Waals surface area contributed by atoms with Crippen LogP contribution in [0.5, 0.6) is 0 Å². The molecule has 9 heteroatoms. The number of rotatable bonds is 3. The molecule has 0 bridgehead atoms. The van der Waals surface area contributed by atoms with E-state index in [0.717, 1.165) is 18.2 Å². The highest BCUT2D eigenvalue weighted by atomic mass is 35.5. The minimum atomic E-state index is -4.45. The van der Waals surface area contributed by atoms with E-state index >= 15 is 0 Å². The molecule has 0 saturated carbocycles. The van der Waals surface area contributed by atoms with E-state index in [2.05, 4.69) is 0 Å². The highest BCUT2D eigenvalue weighted by Crippen LogP contribution is 2.29. The van der Waals surface area contributed by atoms with Crippen LogP contribution in [0.4, 0.5) is 24.5 Å². The van der Waals surface area contributed by atoms with Crippen molar-refractivity contribution in [2.24, 2.45) is 0 Å². The molecule has 0 unspecified atom stereocenters. The molecule has 0 saturated heterocycles. The maximum absolute atomic E-state index is 13.6. The molecule has 0 amide bonds. The molecule has 4 nitrogen and oxygen atoms in total. The van der Waals surface area contributed by atoms with E-state index in [4.69, 9.17) is 17.3 Å². The number of anilines is 2. The van der Waals surface area contributed by atoms with Crippen molar-refractivity contribution in [3.63, 3.8) is 0 Å². The van der Waals surface area contributed by atoms with Gasteiger partial charge in [-0.1, -0.05) is 11.6 Å². The van der Waals surface area contributed by atoms with Gasteiger partial charge in [0.25, 0.3) is 10.0 Å². The summed E-state index contributed by atoms with van der Waals surface area (Å²) < 4.78 is 65.9. The van der Waals surface area contributed by atoms with Crippen LogP contribution in [0, 0.1) is 17.5 Å². The lowest BCUT2D eigenvalue weighted by atomic mass is 10.3. The third kappa shape index (κ3) is 3.22. The first-order chi connectivity index (χ1) is 9.70. The minimum absolute atomic E-state index is 0.0254. The third-order valence-electron chi connectivity index (χ3n) is 2.49. The van der Waals surface area contributed by atoms with Gasteiger partial charge in [0, 0.05) is 11.8 Å². The Balaban J connectivity index is 2.47. The lowest BCUT2D eigenvalue weighted by molar-refractivity contribution is 0.568. The Morgan fingerprint density at radius 1 is 1.05 bits per heavy atom. The summed E-state index contributed by atoms with van der Waals surface area (Å²) in [6.07, 6.45) is 0. The van der Waals surface area contributed by atoms with Crippen molar-refractivity contribution in [1.29, 1.82) is 0 Å². The Labute approximate surface area is 123 Å². The molecule has 0 aromatic heterocycles. The van der Waals surface area contributed by atoms with Crippen LogP contribution in [-0.4, -0.2) is 8.42 Å². The van der Waals surface area contributed by atoms with E-state index in [1.165, 1.54) is 6.07 Å². The molecule has 3 N–H and O–H groups in total. The molecular weight excluding hydrogens is 329 g/mol. The minimum Gasteiger partial charge on any atom is -0.399 e. The second-order valence-corrected chi connectivity index (χ2v) is 6.10. The van der Waals surface area contributed by atoms with Crippen LogP contribution in [0.2, 0.25) is 5.02 Å². The normalized spacial score (nSPS) is 11.4. The largest absolute Gasteiger partial charge is 0.399 e. The Hall–Kier alpha value is -1.93. The summed E-state index contributed by atoms with van der Waals surface area (Å²) in [4.78, 5) is -0.739. The fraction of sp³-hybridized carbons (Fsp3) is 0. The van der Waals surface area contributed by atoms with Crippen molar-refractivity contribution >= 4 is 33.0 Å². The van der Waals surface area contributed by atoms with Crippen LogP contribution < -0.4 is 10.5 Å². The zero-order valence-electron chi connectivity index (χ0n) is 10.2. The van der Waals surface area contributed by atoms with Gasteiger partial charge in [0.2, 0.25) is 0 Å². The van der Waals surface area contributed by atoms with E-state index in [9.17, 15) is 21.6 Å². The molecule has 0 spiro atoms. The highest BCUT2D eigenvalue weighted by Gasteiger charge is 2.22. The third-order valence-corrected chi connectivity index (χ3v) is 4.17. The lowest BCUT2D eigenvalue weighted by Gasteiger charge is -2.11. The zero-order chi connectivity index (χ0) is 15.8. The number of hydrogen-bond acceptors (Lipinski definition) is 3. The zero-order valence-corrected chi connectivity index (χ0v) is 11.8. The predicted molar refractivity (Wildman–Crippen MR) is 73.0 cm³/mol. The standard InChI is InChI=1S/C12H8ClF3N2O2S/c13-8-3-6(14)4-10(16)12(8)18-21(19,20)11-2-1-7(17)5-9(11)15/h1-5,18H,17H2. The van der Waals surface area contributed by atoms with Gasteiger partial charge in [-0.05, 0) is 24.3 Å². The van der Waals surface area contributed by atoms with Crippen molar-refractivity contribution in [3.8, 4) is 0 Å². The maximum atomic E-state index is 13.6. The average molecular weight is 337 g/mol. The molecule has 0 atom stereocenters. The summed E-state index contributed by atoms with van der Waals surface area (Å²) in [5.74, 6) is -3.31. The number of hydrogen-bond donors (Lipinski definition) is 2. The van der Waals surface area contributed by atoms with E-state index < -0.39 is 43.1 Å². The van der Waals surface area contributed by atoms with Crippen LogP contribution in [0.3, 0.4) is 0 Å². The summed E-state index contributed by atoms with van der Waals surface area (Å²) in [5.41, 5.74) is 4.66. The Kier molecular flexibility index (Phi) is 4.02. The van der Waals surface area contributed by atoms with E-state index in [0.29, 0.717) is 6.07 Å². The molecule has 2 rings (SSSR count). The van der Waals surface area contributed by atoms with Crippen LogP contribution in [0.1, 0.15) is 0 Å². The topological polar surface area (TPSA) is 72.2 Å². The number of nitrogens with one attached hydrogen (secondary N) is 1. The molecule has 2 aromatic carbocycles. The number of sulfonamides is 1. The summed E-state index contributed by atoms with van der Waals surface area (Å²) in [7, 11) is -4.45. The first-order valence-electron chi connectivity index (χ1n) is 5.43. The van der Waals surface area contributed by atoms with Gasteiger partial charge in [0.15, 0.2) is 5.82 Å². The fourth-order valence-electron chi connectivity index (χ4n) is 1.56. The van der Waals surface area contributed by atoms with Gasteiger partial charge in [-0.15, -0.1) is 0 Å². The Bertz CT molecular complexity index is 789. The van der Waals surface area contributed by atoms with Crippen molar-refractivity contribution in [2.75, 3.05) is 10.5 Å². The van der Waals surface area contributed by atoms with E-state index in [-0.39, 0.29) is 5.69 Å². The summed E-state index contributed by atoms with van der Waals surface area (Å²) in [6, 6.07) is 4.06. The van der Waals surface area contributed by atoms with Crippen molar-refractivity contribution in [1.82, 2.24) is 0 Å². The summed E-state index contributed by atoms with van der Waals surface area (Å²) >= 11 is 5.57. The molecule has 2 aromatic rings. The molecular formula is C12H8ClF3N2O2S. The maximum Gasteiger partial charge on any atom is 0.264 e. The predicted octanol–water partition coefficient (Wildman–Crippen LogP) is 3.14. The summed E-state index contributed by atoms with van der Waals surface area (Å²) in [6.45, 7) is 0. The van der Waals surface area contributed by atoms with Crippen LogP contribution >= 0.6 is 11.6 Å². The van der Waals surface area contributed by atoms with Gasteiger partial charge < -0.3 is 5.73 Å². The smallest absolute Gasteiger partial charge is 0.264 e. The fourth-order valence-corrected chi connectivity index (χ4v) is 3.01. The molecule has 0 radical (unpaired) electrons. The molecule has 0 heterocycles. The first-order valence-corrected chi connectivity index (χ1v) is 7.29. The molecule has 0 aliphatic carbocycles. The number of halogens is 4. The Morgan fingerprint density at radius 3 is 2.29 bits per heavy atom. The van der Waals surface area contributed by atoms with Gasteiger partial charge in [-0.2, -0.15) is 0 Å². The van der Waals surface area contributed by atoms with Crippen molar-refractivity contribution in [2.45, 2.75) is 4.90 Å². The van der Waals surface area contributed by atoms with Gasteiger partial charge in [-0.25, -0.2) is 21.6 Å². The molecule has 21 heavy (non-hydrogen) atoms. The van der Waals surface area contributed by atoms with Gasteiger partial charge in [-0.3, -0.25) is 4.72 Å². The number of nitrogens with two attached hydrogens (primary N) is 1. The molecule has 0 aliphatic heterocycles. The Morgan fingerprint density at radius 2 is 1.71 bits per heavy atom. The van der Waals surface area contributed by atoms with Crippen LogP contribution in [0.15, 0.2) is 35.2 Å². The van der Waals surface area contributed by atoms with E-state index in [1.807, 2.05) is 0 Å². The number of benzene rings is 2. The SMILES string of the molecule is Nc1ccc(S(=O)(=O)Nc2c(F)cc(F)cc2Cl)c(F)c1. The quantitative estimate of drug-likeness (QED) is 0.846. The second kappa shape index (κ2) is 5.45. The van der Waals surface area contributed by atoms with Crippen LogP contribution in [0.25, 0.3) is 0 Å². The summed E-state index contributed by atoms with van der Waals surface area (Å²) in [5, 5.41) is -0.494. The lowest BCUT2D eigenvalue weighted by Crippen LogP contribution is -2.16. The van der Waals surface area contributed by atoms with Crippen molar-refractivity contribution in [3.05, 3.63) is 52.8 Å². The average Bonchev–Trinajstić information content (AvgIpc) is 2.33. The molecule has 0 fully saturated rings. The van der Waals surface area contributed by atoms with Crippen molar-refractivity contribution < 1.29 is 21.6 Å².